The Morgan fingerprint density at radius 1 is 1.03 bits per heavy atom. The van der Waals surface area contributed by atoms with Crippen molar-refractivity contribution in [2.45, 2.75) is 50.4 Å². The molecule has 6 rings (SSSR count). The van der Waals surface area contributed by atoms with E-state index in [0.29, 0.717) is 24.3 Å². The molecule has 1 atom stereocenters. The number of hydrogen-bond acceptors (Lipinski definition) is 4. The lowest BCUT2D eigenvalue weighted by Gasteiger charge is -2.33. The molecule has 3 fully saturated rings. The van der Waals surface area contributed by atoms with Gasteiger partial charge in [-0.1, -0.05) is 43.2 Å². The summed E-state index contributed by atoms with van der Waals surface area (Å²) < 4.78 is 1.63. The summed E-state index contributed by atoms with van der Waals surface area (Å²) in [6, 6.07) is 12.5. The zero-order chi connectivity index (χ0) is 23.2. The minimum absolute atomic E-state index is 0.0174. The molecule has 3 heterocycles. The van der Waals surface area contributed by atoms with Gasteiger partial charge in [-0.15, -0.1) is 0 Å². The lowest BCUT2D eigenvalue weighted by atomic mass is 9.78. The molecular formula is C27H31N5O2. The molecule has 3 aliphatic rings. The Morgan fingerprint density at radius 2 is 1.79 bits per heavy atom. The largest absolute Gasteiger partial charge is 0.355 e. The number of aromatic nitrogens is 3. The standard InChI is InChI=1S/C27H31N5O2/c33-24(29-19-27(9-4-5-10-27)20-7-2-1-3-8-20)22-17-26(22)11-15-31(16-12-26)25(34)21-18-30-32-14-6-13-28-23(21)32/h1-3,6-8,13-14,18,22H,4-5,9-12,15-17,19H2,(H,29,33). The van der Waals surface area contributed by atoms with Crippen molar-refractivity contribution in [1.29, 1.82) is 0 Å². The lowest BCUT2D eigenvalue weighted by Crippen LogP contribution is -2.42. The summed E-state index contributed by atoms with van der Waals surface area (Å²) in [6.45, 7) is 2.09. The molecule has 2 aliphatic carbocycles. The van der Waals surface area contributed by atoms with Crippen molar-refractivity contribution >= 4 is 17.5 Å². The lowest BCUT2D eigenvalue weighted by molar-refractivity contribution is -0.123. The van der Waals surface area contributed by atoms with Gasteiger partial charge in [0.25, 0.3) is 5.91 Å². The quantitative estimate of drug-likeness (QED) is 0.635. The molecular weight excluding hydrogens is 426 g/mol. The highest BCUT2D eigenvalue weighted by atomic mass is 16.2. The molecule has 1 aliphatic heterocycles. The summed E-state index contributed by atoms with van der Waals surface area (Å²) >= 11 is 0. The van der Waals surface area contributed by atoms with Gasteiger partial charge in [0, 0.05) is 43.4 Å². The van der Waals surface area contributed by atoms with Crippen molar-refractivity contribution in [2.24, 2.45) is 11.3 Å². The molecule has 3 aromatic rings. The predicted octanol–water partition coefficient (Wildman–Crippen LogP) is 3.60. The fraction of sp³-hybridized carbons (Fsp3) is 0.481. The summed E-state index contributed by atoms with van der Waals surface area (Å²) in [4.78, 5) is 32.5. The average molecular weight is 458 g/mol. The third-order valence-electron chi connectivity index (χ3n) is 8.61. The van der Waals surface area contributed by atoms with Gasteiger partial charge in [-0.05, 0) is 49.1 Å². The first-order valence-corrected chi connectivity index (χ1v) is 12.5. The maximum Gasteiger partial charge on any atom is 0.259 e. The normalized spacial score (nSPS) is 22.7. The van der Waals surface area contributed by atoms with Gasteiger partial charge in [-0.25, -0.2) is 9.50 Å². The SMILES string of the molecule is O=C(NCC1(c2ccccc2)CCCC1)C1CC12CCN(C(=O)c1cnn3cccnc13)CC2. The number of hydrogen-bond donors (Lipinski definition) is 1. The molecule has 7 nitrogen and oxygen atoms in total. The van der Waals surface area contributed by atoms with Crippen molar-refractivity contribution in [2.75, 3.05) is 19.6 Å². The molecule has 2 saturated carbocycles. The molecule has 0 bridgehead atoms. The van der Waals surface area contributed by atoms with Crippen LogP contribution in [0.25, 0.3) is 5.65 Å². The Bertz CT molecular complexity index is 1210. The Morgan fingerprint density at radius 3 is 2.56 bits per heavy atom. The van der Waals surface area contributed by atoms with Crippen LogP contribution in [0.1, 0.15) is 60.9 Å². The minimum atomic E-state index is -0.0174. The second-order valence-corrected chi connectivity index (χ2v) is 10.4. The number of carbonyl (C=O) groups excluding carboxylic acids is 2. The van der Waals surface area contributed by atoms with Crippen LogP contribution < -0.4 is 5.32 Å². The van der Waals surface area contributed by atoms with E-state index in [-0.39, 0.29) is 28.6 Å². The van der Waals surface area contributed by atoms with Gasteiger partial charge in [-0.3, -0.25) is 9.59 Å². The maximum atomic E-state index is 13.1. The third-order valence-corrected chi connectivity index (χ3v) is 8.61. The van der Waals surface area contributed by atoms with Crippen molar-refractivity contribution < 1.29 is 9.59 Å². The van der Waals surface area contributed by atoms with Gasteiger partial charge >= 0.3 is 0 Å². The number of nitrogens with zero attached hydrogens (tertiary/aromatic N) is 4. The van der Waals surface area contributed by atoms with E-state index < -0.39 is 0 Å². The van der Waals surface area contributed by atoms with Gasteiger partial charge in [0.15, 0.2) is 5.65 Å². The van der Waals surface area contributed by atoms with Crippen LogP contribution in [0.2, 0.25) is 0 Å². The summed E-state index contributed by atoms with van der Waals surface area (Å²) in [5.41, 5.74) is 2.64. The smallest absolute Gasteiger partial charge is 0.259 e. The van der Waals surface area contributed by atoms with Crippen LogP contribution in [0.15, 0.2) is 55.0 Å². The number of amides is 2. The van der Waals surface area contributed by atoms with Gasteiger partial charge < -0.3 is 10.2 Å². The van der Waals surface area contributed by atoms with E-state index in [0.717, 1.165) is 38.6 Å². The van der Waals surface area contributed by atoms with Crippen molar-refractivity contribution in [3.8, 4) is 0 Å². The fourth-order valence-corrected chi connectivity index (χ4v) is 6.37. The van der Waals surface area contributed by atoms with Crippen LogP contribution in [0.3, 0.4) is 0 Å². The van der Waals surface area contributed by atoms with Gasteiger partial charge in [0.05, 0.1) is 6.20 Å². The Balaban J connectivity index is 1.06. The molecule has 1 spiro atoms. The molecule has 34 heavy (non-hydrogen) atoms. The van der Waals surface area contributed by atoms with E-state index in [1.807, 2.05) is 4.90 Å². The number of benzene rings is 1. The minimum Gasteiger partial charge on any atom is -0.355 e. The Labute approximate surface area is 199 Å². The molecule has 1 saturated heterocycles. The third kappa shape index (κ3) is 3.58. The first-order chi connectivity index (χ1) is 16.6. The first-order valence-electron chi connectivity index (χ1n) is 12.5. The highest BCUT2D eigenvalue weighted by Gasteiger charge is 2.59. The Kier molecular flexibility index (Phi) is 5.15. The number of nitrogens with one attached hydrogen (secondary N) is 1. The van der Waals surface area contributed by atoms with Crippen LogP contribution in [0.5, 0.6) is 0 Å². The van der Waals surface area contributed by atoms with Crippen molar-refractivity contribution in [1.82, 2.24) is 24.8 Å². The van der Waals surface area contributed by atoms with Crippen LogP contribution in [0, 0.1) is 11.3 Å². The zero-order valence-electron chi connectivity index (χ0n) is 19.4. The predicted molar refractivity (Wildman–Crippen MR) is 128 cm³/mol. The maximum absolute atomic E-state index is 13.1. The topological polar surface area (TPSA) is 79.6 Å². The first kappa shape index (κ1) is 21.3. The highest BCUT2D eigenvalue weighted by Crippen LogP contribution is 2.59. The van der Waals surface area contributed by atoms with E-state index in [1.165, 1.54) is 18.4 Å². The number of carbonyl (C=O) groups is 2. The fourth-order valence-electron chi connectivity index (χ4n) is 6.37. The van der Waals surface area contributed by atoms with Crippen LogP contribution in [-0.2, 0) is 10.2 Å². The molecule has 176 valence electrons. The summed E-state index contributed by atoms with van der Waals surface area (Å²) in [7, 11) is 0. The molecule has 1 N–H and O–H groups in total. The molecule has 2 aromatic heterocycles. The van der Waals surface area contributed by atoms with Crippen molar-refractivity contribution in [3.05, 3.63) is 66.1 Å². The highest BCUT2D eigenvalue weighted by molar-refractivity contribution is 5.99. The van der Waals surface area contributed by atoms with Crippen LogP contribution in [0.4, 0.5) is 0 Å². The molecule has 0 radical (unpaired) electrons. The van der Waals surface area contributed by atoms with Gasteiger partial charge in [-0.2, -0.15) is 5.10 Å². The molecule has 2 amide bonds. The zero-order valence-corrected chi connectivity index (χ0v) is 19.4. The van der Waals surface area contributed by atoms with E-state index in [2.05, 4.69) is 45.7 Å². The second kappa shape index (κ2) is 8.22. The van der Waals surface area contributed by atoms with E-state index >= 15 is 0 Å². The second-order valence-electron chi connectivity index (χ2n) is 10.4. The number of rotatable bonds is 5. The van der Waals surface area contributed by atoms with E-state index in [9.17, 15) is 9.59 Å². The summed E-state index contributed by atoms with van der Waals surface area (Å²) in [5, 5.41) is 7.58. The monoisotopic (exact) mass is 457 g/mol. The average Bonchev–Trinajstić information content (AvgIpc) is 3.22. The van der Waals surface area contributed by atoms with Gasteiger partial charge in [0.1, 0.15) is 5.56 Å². The number of likely N-dealkylation sites (tertiary alicyclic amines) is 1. The van der Waals surface area contributed by atoms with E-state index in [1.54, 1.807) is 29.2 Å². The van der Waals surface area contributed by atoms with Gasteiger partial charge in [0.2, 0.25) is 5.91 Å². The van der Waals surface area contributed by atoms with Crippen LogP contribution in [-0.4, -0.2) is 50.9 Å². The summed E-state index contributed by atoms with van der Waals surface area (Å²) in [5.74, 6) is 0.266. The number of piperidine rings is 1. The van der Waals surface area contributed by atoms with E-state index in [4.69, 9.17) is 0 Å². The molecule has 7 heteroatoms. The van der Waals surface area contributed by atoms with Crippen molar-refractivity contribution in [3.63, 3.8) is 0 Å². The summed E-state index contributed by atoms with van der Waals surface area (Å²) in [6.07, 6.45) is 12.5. The molecule has 1 unspecified atom stereocenters. The van der Waals surface area contributed by atoms with Crippen LogP contribution >= 0.6 is 0 Å². The Hall–Kier alpha value is -3.22. The molecule has 1 aromatic carbocycles. The number of fused-ring (bicyclic) bond motifs is 1.